The predicted octanol–water partition coefficient (Wildman–Crippen LogP) is 9.95. The molecule has 0 amide bonds. The lowest BCUT2D eigenvalue weighted by atomic mass is 10.0. The largest absolute Gasteiger partial charge is 0.472 e. The van der Waals surface area contributed by atoms with Gasteiger partial charge in [-0.15, -0.1) is 0 Å². The highest BCUT2D eigenvalue weighted by molar-refractivity contribution is 7.47. The molecule has 0 bridgehead atoms. The van der Waals surface area contributed by atoms with Crippen molar-refractivity contribution in [3.8, 4) is 0 Å². The number of esters is 2. The summed E-state index contributed by atoms with van der Waals surface area (Å²) < 4.78 is 47.7. The van der Waals surface area contributed by atoms with Crippen LogP contribution in [0, 0.1) is 0 Å². The lowest BCUT2D eigenvalue weighted by Gasteiger charge is -2.20. The Balaban J connectivity index is 4.67. The third kappa shape index (κ3) is 43.4. The fraction of sp³-hybridized carbons (Fsp3) is 0.739. The number of unbranched alkanes of at least 4 members (excludes halogenated alkanes) is 13. The third-order valence-electron chi connectivity index (χ3n) is 9.57. The van der Waals surface area contributed by atoms with Crippen LogP contribution < -0.4 is 0 Å². The van der Waals surface area contributed by atoms with Crippen molar-refractivity contribution in [1.82, 2.24) is 0 Å². The average Bonchev–Trinajstić information content (AvgIpc) is 3.24. The van der Waals surface area contributed by atoms with Gasteiger partial charge in [0.15, 0.2) is 6.10 Å². The number of allylic oxidation sites excluding steroid dienone is 9. The van der Waals surface area contributed by atoms with Crippen LogP contribution in [-0.4, -0.2) is 92.8 Å². The van der Waals surface area contributed by atoms with Gasteiger partial charge in [0.05, 0.1) is 32.0 Å². The smallest absolute Gasteiger partial charge is 0.462 e. The Morgan fingerprint density at radius 1 is 0.508 bits per heavy atom. The van der Waals surface area contributed by atoms with Gasteiger partial charge in [0.2, 0.25) is 0 Å². The van der Waals surface area contributed by atoms with Crippen molar-refractivity contribution in [2.75, 3.05) is 26.4 Å². The van der Waals surface area contributed by atoms with E-state index in [0.717, 1.165) is 89.9 Å². The van der Waals surface area contributed by atoms with Gasteiger partial charge in [-0.05, 0) is 83.5 Å². The van der Waals surface area contributed by atoms with Gasteiger partial charge in [-0.2, -0.15) is 0 Å². The lowest BCUT2D eigenvalue weighted by Crippen LogP contribution is -2.30. The second-order valence-corrected chi connectivity index (χ2v) is 18.3. The van der Waals surface area contributed by atoms with E-state index in [4.69, 9.17) is 23.8 Å². The molecule has 15 nitrogen and oxygen atoms in total. The van der Waals surface area contributed by atoms with Crippen molar-refractivity contribution in [2.24, 2.45) is 0 Å². The summed E-state index contributed by atoms with van der Waals surface area (Å²) in [6.45, 7) is 1.46. The molecule has 6 N–H and O–H groups in total. The van der Waals surface area contributed by atoms with Crippen LogP contribution in [0.5, 0.6) is 0 Å². The number of ether oxygens (including phenoxy) is 2. The van der Waals surface area contributed by atoms with Crippen molar-refractivity contribution in [1.29, 1.82) is 0 Å². The lowest BCUT2D eigenvalue weighted by molar-refractivity contribution is -0.161. The second kappa shape index (κ2) is 41.2. The molecular weight excluding hydrogens is 854 g/mol. The molecule has 0 fully saturated rings. The molecule has 0 spiro atoms. The minimum Gasteiger partial charge on any atom is -0.462 e. The molecule has 0 rings (SSSR count). The van der Waals surface area contributed by atoms with E-state index in [2.05, 4.69) is 77.6 Å². The Bertz CT molecular complexity index is 1380. The highest BCUT2D eigenvalue weighted by atomic mass is 31.2. The van der Waals surface area contributed by atoms with Crippen LogP contribution >= 0.6 is 15.6 Å². The number of phosphoric acid groups is 2. The van der Waals surface area contributed by atoms with E-state index >= 15 is 0 Å². The van der Waals surface area contributed by atoms with Crippen LogP contribution in [-0.2, 0) is 41.8 Å². The van der Waals surface area contributed by atoms with Gasteiger partial charge in [-0.1, -0.05) is 132 Å². The minimum atomic E-state index is -4.89. The maximum absolute atomic E-state index is 12.7. The number of hydrogen-bond donors (Lipinski definition) is 6. The van der Waals surface area contributed by atoms with Gasteiger partial charge in [-0.25, -0.2) is 9.13 Å². The number of phosphoric ester groups is 2. The molecule has 0 aromatic rings. The summed E-state index contributed by atoms with van der Waals surface area (Å²) in [5.41, 5.74) is 0. The molecule has 0 aromatic heterocycles. The number of aliphatic hydroxyl groups excluding tert-OH is 3. The summed E-state index contributed by atoms with van der Waals surface area (Å²) >= 11 is 0. The first kappa shape index (κ1) is 60.7. The Morgan fingerprint density at radius 2 is 0.968 bits per heavy atom. The Labute approximate surface area is 377 Å². The van der Waals surface area contributed by atoms with Crippen LogP contribution in [0.2, 0.25) is 0 Å². The highest BCUT2D eigenvalue weighted by Gasteiger charge is 2.28. The van der Waals surface area contributed by atoms with Gasteiger partial charge in [-0.3, -0.25) is 23.2 Å². The molecular formula is C46H82O15P2. The SMILES string of the molecule is CCCCC/C=C\C/C=C\C/C=C\C/C=C\CCCCCC(=O)O[C@H](COC(=O)CCCCCCC[C@@H](O)[C@H](O)C/C=C\CCCCC)COP(=O)(O)OC[C@@H](O)COP(=O)(O)O. The molecule has 0 aromatic carbocycles. The molecule has 0 saturated carbocycles. The molecule has 366 valence electrons. The molecule has 0 radical (unpaired) electrons. The Kier molecular flexibility index (Phi) is 39.7. The van der Waals surface area contributed by atoms with Crippen LogP contribution in [0.15, 0.2) is 60.8 Å². The monoisotopic (exact) mass is 937 g/mol. The van der Waals surface area contributed by atoms with Gasteiger partial charge < -0.3 is 39.5 Å². The summed E-state index contributed by atoms with van der Waals surface area (Å²) in [5, 5.41) is 30.2. The first-order valence-corrected chi connectivity index (χ1v) is 26.2. The van der Waals surface area contributed by atoms with E-state index in [9.17, 15) is 38.9 Å². The number of carbonyl (C=O) groups excluding carboxylic acids is 2. The molecule has 0 aliphatic rings. The van der Waals surface area contributed by atoms with Gasteiger partial charge >= 0.3 is 27.6 Å². The molecule has 0 aliphatic carbocycles. The number of rotatable bonds is 43. The average molecular weight is 937 g/mol. The van der Waals surface area contributed by atoms with Crippen molar-refractivity contribution in [3.63, 3.8) is 0 Å². The third-order valence-corrected chi connectivity index (χ3v) is 11.0. The van der Waals surface area contributed by atoms with Gasteiger partial charge in [0, 0.05) is 12.8 Å². The van der Waals surface area contributed by atoms with E-state index in [-0.39, 0.29) is 12.8 Å². The van der Waals surface area contributed by atoms with Gasteiger partial charge in [0.25, 0.3) is 0 Å². The topological polar surface area (TPSA) is 236 Å². The zero-order chi connectivity index (χ0) is 46.9. The van der Waals surface area contributed by atoms with E-state index in [1.54, 1.807) is 0 Å². The maximum atomic E-state index is 12.7. The Morgan fingerprint density at radius 3 is 1.54 bits per heavy atom. The zero-order valence-electron chi connectivity index (χ0n) is 38.1. The fourth-order valence-electron chi connectivity index (χ4n) is 5.88. The highest BCUT2D eigenvalue weighted by Crippen LogP contribution is 2.43. The second-order valence-electron chi connectivity index (χ2n) is 15.6. The molecule has 17 heteroatoms. The van der Waals surface area contributed by atoms with Gasteiger partial charge in [0.1, 0.15) is 12.7 Å². The zero-order valence-corrected chi connectivity index (χ0v) is 39.9. The molecule has 0 heterocycles. The van der Waals surface area contributed by atoms with E-state index < -0.39 is 78.4 Å². The molecule has 0 saturated heterocycles. The van der Waals surface area contributed by atoms with Crippen LogP contribution in [0.25, 0.3) is 0 Å². The first-order valence-electron chi connectivity index (χ1n) is 23.1. The number of carbonyl (C=O) groups is 2. The normalized spacial score (nSPS) is 15.5. The standard InChI is InChI=1S/C46H82O15P2/c1-3-5-7-9-11-12-13-14-15-16-17-18-19-20-21-22-23-27-32-36-46(51)61-42(40-60-63(55,56)59-38-41(47)37-58-62(52,53)54)39-57-45(50)35-31-28-24-26-30-34-44(49)43(48)33-29-25-10-8-6-4-2/h11-12,14-15,17-18,20-21,25,29,41-44,47-49H,3-10,13,16,19,22-24,26-28,30-40H2,1-2H3,(H,55,56)(H2,52,53,54)/b12-11-,15-14-,18-17-,21-20-,29-25-/t41-,42+,43+,44+/m0/s1. The van der Waals surface area contributed by atoms with Crippen molar-refractivity contribution >= 4 is 27.6 Å². The van der Waals surface area contributed by atoms with Crippen LogP contribution in [0.1, 0.15) is 168 Å². The molecule has 0 aliphatic heterocycles. The van der Waals surface area contributed by atoms with Crippen molar-refractivity contribution < 1.29 is 71.8 Å². The summed E-state index contributed by atoms with van der Waals surface area (Å²) in [6.07, 6.45) is 36.5. The van der Waals surface area contributed by atoms with E-state index in [1.165, 1.54) is 25.7 Å². The number of aliphatic hydroxyl groups is 3. The quantitative estimate of drug-likeness (QED) is 0.0144. The van der Waals surface area contributed by atoms with E-state index in [1.807, 2.05) is 6.08 Å². The summed E-state index contributed by atoms with van der Waals surface area (Å²) in [7, 11) is -9.74. The van der Waals surface area contributed by atoms with E-state index in [0.29, 0.717) is 25.7 Å². The fourth-order valence-corrected chi connectivity index (χ4v) is 7.04. The van der Waals surface area contributed by atoms with Crippen molar-refractivity contribution in [2.45, 2.75) is 192 Å². The molecule has 1 unspecified atom stereocenters. The van der Waals surface area contributed by atoms with Crippen LogP contribution in [0.3, 0.4) is 0 Å². The summed E-state index contributed by atoms with van der Waals surface area (Å²) in [6, 6.07) is 0. The molecule has 63 heavy (non-hydrogen) atoms. The number of hydrogen-bond acceptors (Lipinski definition) is 12. The molecule has 5 atom stereocenters. The minimum absolute atomic E-state index is 0.0598. The Hall–Kier alpha value is -2.26. The maximum Gasteiger partial charge on any atom is 0.472 e. The first-order chi connectivity index (χ1) is 30.2. The predicted molar refractivity (Wildman–Crippen MR) is 246 cm³/mol. The van der Waals surface area contributed by atoms with Crippen LogP contribution in [0.4, 0.5) is 0 Å². The summed E-state index contributed by atoms with van der Waals surface area (Å²) in [4.78, 5) is 52.8. The summed E-state index contributed by atoms with van der Waals surface area (Å²) in [5.74, 6) is -1.18. The van der Waals surface area contributed by atoms with Crippen molar-refractivity contribution in [3.05, 3.63) is 60.8 Å².